The van der Waals surface area contributed by atoms with Gasteiger partial charge in [0, 0.05) is 11.5 Å². The molecular weight excluding hydrogens is 292 g/mol. The minimum atomic E-state index is -0.829. The highest BCUT2D eigenvalue weighted by molar-refractivity contribution is 5.96. The Morgan fingerprint density at radius 1 is 1.26 bits per heavy atom. The second kappa shape index (κ2) is 7.77. The lowest BCUT2D eigenvalue weighted by Gasteiger charge is -2.20. The van der Waals surface area contributed by atoms with Crippen LogP contribution < -0.4 is 5.32 Å². The number of carbonyl (C=O) groups is 2. The van der Waals surface area contributed by atoms with E-state index in [1.165, 1.54) is 7.11 Å². The summed E-state index contributed by atoms with van der Waals surface area (Å²) >= 11 is 0. The number of benzene rings is 1. The maximum absolute atomic E-state index is 12.3. The van der Waals surface area contributed by atoms with Gasteiger partial charge in [-0.15, -0.1) is 0 Å². The Hall–Kier alpha value is -2.35. The summed E-state index contributed by atoms with van der Waals surface area (Å²) in [6.45, 7) is 7.98. The summed E-state index contributed by atoms with van der Waals surface area (Å²) in [5, 5.41) is 11.5. The van der Waals surface area contributed by atoms with Crippen molar-refractivity contribution in [1.82, 2.24) is 5.32 Å². The lowest BCUT2D eigenvalue weighted by molar-refractivity contribution is -0.143. The highest BCUT2D eigenvalue weighted by atomic mass is 16.5. The molecule has 1 aromatic rings. The van der Waals surface area contributed by atoms with Gasteiger partial charge in [0.2, 0.25) is 0 Å². The average molecular weight is 316 g/mol. The summed E-state index contributed by atoms with van der Waals surface area (Å²) in [5.41, 5.74) is 1.60. The second-order valence-electron chi connectivity index (χ2n) is 6.64. The van der Waals surface area contributed by atoms with Crippen LogP contribution in [0.3, 0.4) is 0 Å². The molecule has 0 unspecified atom stereocenters. The Kier molecular flexibility index (Phi) is 6.32. The number of nitriles is 1. The number of methoxy groups -OCH3 is 1. The molecular formula is C18H24N2O3. The number of carbonyl (C=O) groups excluding carboxylic acids is 2. The zero-order valence-corrected chi connectivity index (χ0v) is 14.3. The van der Waals surface area contributed by atoms with Gasteiger partial charge in [0.1, 0.15) is 6.04 Å². The van der Waals surface area contributed by atoms with Gasteiger partial charge in [-0.05, 0) is 36.5 Å². The number of rotatable bonds is 5. The van der Waals surface area contributed by atoms with Crippen LogP contribution in [0.15, 0.2) is 24.3 Å². The molecule has 0 aliphatic rings. The lowest BCUT2D eigenvalue weighted by atomic mass is 9.86. The zero-order chi connectivity index (χ0) is 17.6. The molecule has 5 heteroatoms. The van der Waals surface area contributed by atoms with Crippen LogP contribution in [0.4, 0.5) is 0 Å². The number of esters is 1. The molecule has 0 radical (unpaired) electrons. The minimum absolute atomic E-state index is 0.00574. The van der Waals surface area contributed by atoms with Gasteiger partial charge in [0.05, 0.1) is 13.2 Å². The van der Waals surface area contributed by atoms with Gasteiger partial charge in [-0.25, -0.2) is 4.79 Å². The normalized spacial score (nSPS) is 13.6. The smallest absolute Gasteiger partial charge is 0.328 e. The van der Waals surface area contributed by atoms with Crippen LogP contribution in [0.1, 0.15) is 50.0 Å². The van der Waals surface area contributed by atoms with Crippen molar-refractivity contribution in [2.45, 2.75) is 45.6 Å². The first kappa shape index (κ1) is 18.7. The number of hydrogen-bond donors (Lipinski definition) is 1. The first-order valence-corrected chi connectivity index (χ1v) is 7.58. The third-order valence-corrected chi connectivity index (χ3v) is 3.61. The molecule has 23 heavy (non-hydrogen) atoms. The molecule has 2 atom stereocenters. The van der Waals surface area contributed by atoms with Crippen molar-refractivity contribution in [2.24, 2.45) is 5.92 Å². The number of nitrogens with zero attached hydrogens (tertiary/aromatic N) is 1. The van der Waals surface area contributed by atoms with Crippen molar-refractivity contribution < 1.29 is 14.3 Å². The molecule has 5 nitrogen and oxygen atoms in total. The van der Waals surface area contributed by atoms with E-state index in [1.54, 1.807) is 19.1 Å². The second-order valence-corrected chi connectivity index (χ2v) is 6.64. The largest absolute Gasteiger partial charge is 0.467 e. The zero-order valence-electron chi connectivity index (χ0n) is 14.3. The van der Waals surface area contributed by atoms with Crippen LogP contribution >= 0.6 is 0 Å². The Morgan fingerprint density at radius 2 is 1.83 bits per heavy atom. The van der Waals surface area contributed by atoms with E-state index < -0.39 is 12.0 Å². The summed E-state index contributed by atoms with van der Waals surface area (Å²) in [6, 6.07) is 8.50. The maximum Gasteiger partial charge on any atom is 0.328 e. The van der Waals surface area contributed by atoms with Gasteiger partial charge < -0.3 is 10.1 Å². The van der Waals surface area contributed by atoms with Crippen molar-refractivity contribution >= 4 is 11.9 Å². The number of hydrogen-bond acceptors (Lipinski definition) is 4. The fourth-order valence-corrected chi connectivity index (χ4v) is 2.13. The predicted molar refractivity (Wildman–Crippen MR) is 87.8 cm³/mol. The molecule has 0 saturated heterocycles. The summed E-state index contributed by atoms with van der Waals surface area (Å²) in [6.07, 6.45) is 0.217. The van der Waals surface area contributed by atoms with E-state index in [0.717, 1.165) is 5.56 Å². The van der Waals surface area contributed by atoms with E-state index in [9.17, 15) is 9.59 Å². The highest BCUT2D eigenvalue weighted by Crippen LogP contribution is 2.22. The molecule has 1 rings (SSSR count). The summed E-state index contributed by atoms with van der Waals surface area (Å²) in [4.78, 5) is 24.1. The molecule has 0 bridgehead atoms. The standard InChI is InChI=1S/C18H24N2O3/c1-12(11-19)10-15(17(22)23-5)20-16(21)13-6-8-14(9-7-13)18(2,3)4/h6-9,12,15H,10H2,1-5H3,(H,20,21)/t12-,15-/m0/s1. The fraction of sp³-hybridized carbons (Fsp3) is 0.500. The number of nitrogens with one attached hydrogen (secondary N) is 1. The van der Waals surface area contributed by atoms with E-state index in [-0.39, 0.29) is 23.7 Å². The van der Waals surface area contributed by atoms with Crippen molar-refractivity contribution in [2.75, 3.05) is 7.11 Å². The summed E-state index contributed by atoms with van der Waals surface area (Å²) < 4.78 is 4.70. The quantitative estimate of drug-likeness (QED) is 0.847. The summed E-state index contributed by atoms with van der Waals surface area (Å²) in [7, 11) is 1.26. The molecule has 0 aromatic heterocycles. The highest BCUT2D eigenvalue weighted by Gasteiger charge is 2.24. The van der Waals surface area contributed by atoms with Crippen LogP contribution in [0.2, 0.25) is 0 Å². The van der Waals surface area contributed by atoms with E-state index in [2.05, 4.69) is 32.2 Å². The van der Waals surface area contributed by atoms with Crippen LogP contribution in [-0.4, -0.2) is 25.0 Å². The third kappa shape index (κ3) is 5.41. The first-order chi connectivity index (χ1) is 10.7. The Bertz CT molecular complexity index is 594. The maximum atomic E-state index is 12.3. The molecule has 124 valence electrons. The van der Waals surface area contributed by atoms with Crippen molar-refractivity contribution in [3.05, 3.63) is 35.4 Å². The van der Waals surface area contributed by atoms with Gasteiger partial charge in [0.15, 0.2) is 0 Å². The van der Waals surface area contributed by atoms with Crippen molar-refractivity contribution in [1.29, 1.82) is 5.26 Å². The van der Waals surface area contributed by atoms with Crippen LogP contribution in [0.5, 0.6) is 0 Å². The predicted octanol–water partition coefficient (Wildman–Crippen LogP) is 2.81. The average Bonchev–Trinajstić information content (AvgIpc) is 2.52. The Morgan fingerprint density at radius 3 is 2.26 bits per heavy atom. The molecule has 0 fully saturated rings. The van der Waals surface area contributed by atoms with E-state index in [4.69, 9.17) is 10.00 Å². The van der Waals surface area contributed by atoms with Crippen LogP contribution in [0, 0.1) is 17.2 Å². The lowest BCUT2D eigenvalue weighted by Crippen LogP contribution is -2.42. The van der Waals surface area contributed by atoms with Gasteiger partial charge >= 0.3 is 5.97 Å². The summed E-state index contributed by atoms with van der Waals surface area (Å²) in [5.74, 6) is -1.26. The SMILES string of the molecule is COC(=O)[C@H](C[C@H](C)C#N)NC(=O)c1ccc(C(C)(C)C)cc1. The van der Waals surface area contributed by atoms with Crippen LogP contribution in [0.25, 0.3) is 0 Å². The topological polar surface area (TPSA) is 79.2 Å². The molecule has 0 heterocycles. The van der Waals surface area contributed by atoms with Crippen molar-refractivity contribution in [3.63, 3.8) is 0 Å². The Labute approximate surface area is 137 Å². The third-order valence-electron chi connectivity index (χ3n) is 3.61. The molecule has 1 aromatic carbocycles. The van der Waals surface area contributed by atoms with E-state index >= 15 is 0 Å². The van der Waals surface area contributed by atoms with Gasteiger partial charge in [-0.2, -0.15) is 5.26 Å². The minimum Gasteiger partial charge on any atom is -0.467 e. The monoisotopic (exact) mass is 316 g/mol. The molecule has 0 saturated carbocycles. The molecule has 0 aliphatic heterocycles. The molecule has 1 amide bonds. The number of amides is 1. The van der Waals surface area contributed by atoms with Gasteiger partial charge in [-0.3, -0.25) is 4.79 Å². The van der Waals surface area contributed by atoms with E-state index in [1.807, 2.05) is 12.1 Å². The fourth-order valence-electron chi connectivity index (χ4n) is 2.13. The van der Waals surface area contributed by atoms with E-state index in [0.29, 0.717) is 5.56 Å². The first-order valence-electron chi connectivity index (χ1n) is 7.58. The van der Waals surface area contributed by atoms with Gasteiger partial charge in [-0.1, -0.05) is 32.9 Å². The van der Waals surface area contributed by atoms with Crippen LogP contribution in [-0.2, 0) is 14.9 Å². The Balaban J connectivity index is 2.86. The molecule has 1 N–H and O–H groups in total. The van der Waals surface area contributed by atoms with Crippen molar-refractivity contribution in [3.8, 4) is 6.07 Å². The molecule has 0 aliphatic carbocycles. The van der Waals surface area contributed by atoms with Gasteiger partial charge in [0.25, 0.3) is 5.91 Å². The number of ether oxygens (including phenoxy) is 1. The molecule has 0 spiro atoms.